The van der Waals surface area contributed by atoms with Gasteiger partial charge in [-0.1, -0.05) is 29.3 Å². The number of nitrogens with zero attached hydrogens (tertiary/aromatic N) is 3. The third-order valence-corrected chi connectivity index (χ3v) is 4.67. The molecular formula is C12H9Cl2N3O3S. The number of aromatic nitrogens is 2. The lowest BCUT2D eigenvalue weighted by atomic mass is 10.3. The summed E-state index contributed by atoms with van der Waals surface area (Å²) < 4.78 is 1.30. The molecule has 0 atom stereocenters. The van der Waals surface area contributed by atoms with Gasteiger partial charge in [-0.3, -0.25) is 19.6 Å². The Morgan fingerprint density at radius 3 is 2.71 bits per heavy atom. The normalized spacial score (nSPS) is 10.7. The first kappa shape index (κ1) is 15.8. The zero-order chi connectivity index (χ0) is 15.7. The van der Waals surface area contributed by atoms with Gasteiger partial charge in [-0.15, -0.1) is 0 Å². The van der Waals surface area contributed by atoms with Gasteiger partial charge in [-0.05, 0) is 30.8 Å². The van der Waals surface area contributed by atoms with Gasteiger partial charge in [0.2, 0.25) is 5.69 Å². The van der Waals surface area contributed by atoms with Crippen LogP contribution in [-0.2, 0) is 7.05 Å². The molecule has 0 unspecified atom stereocenters. The quantitative estimate of drug-likeness (QED) is 0.479. The average Bonchev–Trinajstić information content (AvgIpc) is 2.71. The highest BCUT2D eigenvalue weighted by molar-refractivity contribution is 8.14. The third kappa shape index (κ3) is 3.04. The van der Waals surface area contributed by atoms with Crippen LogP contribution in [0.5, 0.6) is 0 Å². The van der Waals surface area contributed by atoms with E-state index in [4.69, 9.17) is 23.2 Å². The van der Waals surface area contributed by atoms with Gasteiger partial charge in [0, 0.05) is 11.9 Å². The fourth-order valence-electron chi connectivity index (χ4n) is 1.66. The minimum atomic E-state index is -0.615. The van der Waals surface area contributed by atoms with Gasteiger partial charge in [0.15, 0.2) is 0 Å². The molecule has 1 aromatic carbocycles. The molecule has 2 rings (SSSR count). The van der Waals surface area contributed by atoms with Crippen LogP contribution in [0.3, 0.4) is 0 Å². The van der Waals surface area contributed by atoms with Crippen molar-refractivity contribution < 1.29 is 9.72 Å². The Labute approximate surface area is 134 Å². The molecule has 110 valence electrons. The number of rotatable bonds is 3. The molecule has 1 heterocycles. The van der Waals surface area contributed by atoms with E-state index in [2.05, 4.69) is 5.10 Å². The van der Waals surface area contributed by atoms with Gasteiger partial charge in [-0.25, -0.2) is 0 Å². The fourth-order valence-corrected chi connectivity index (χ4v) is 2.92. The Bertz CT molecular complexity index is 746. The number of thioether (sulfide) groups is 1. The van der Waals surface area contributed by atoms with E-state index >= 15 is 0 Å². The van der Waals surface area contributed by atoms with Crippen LogP contribution >= 0.6 is 35.0 Å². The minimum absolute atomic E-state index is 0.207. The van der Waals surface area contributed by atoms with E-state index in [1.54, 1.807) is 18.2 Å². The number of hydrogen-bond acceptors (Lipinski definition) is 5. The first-order valence-corrected chi connectivity index (χ1v) is 7.24. The SMILES string of the molecule is Cc1c([N+](=O)[O-])c(C(=O)Sc2cccc(Cl)c2Cl)nn1C. The van der Waals surface area contributed by atoms with Gasteiger partial charge in [-0.2, -0.15) is 5.10 Å². The summed E-state index contributed by atoms with van der Waals surface area (Å²) in [5.41, 5.74) is -0.199. The van der Waals surface area contributed by atoms with Crippen molar-refractivity contribution in [3.8, 4) is 0 Å². The molecule has 2 aromatic rings. The van der Waals surface area contributed by atoms with E-state index in [1.165, 1.54) is 18.7 Å². The van der Waals surface area contributed by atoms with Crippen LogP contribution in [0.15, 0.2) is 23.1 Å². The Hall–Kier alpha value is -1.57. The molecule has 0 saturated heterocycles. The van der Waals surface area contributed by atoms with Crippen LogP contribution < -0.4 is 0 Å². The summed E-state index contributed by atoms with van der Waals surface area (Å²) in [5.74, 6) is 0. The Kier molecular flexibility index (Phi) is 4.55. The molecule has 0 saturated carbocycles. The van der Waals surface area contributed by atoms with Crippen LogP contribution in [0, 0.1) is 17.0 Å². The largest absolute Gasteiger partial charge is 0.321 e. The molecule has 0 N–H and O–H groups in total. The standard InChI is InChI=1S/C12H9Cl2N3O3S/c1-6-11(17(19)20)10(15-16(6)2)12(18)21-8-5-3-4-7(13)9(8)14/h3-5H,1-2H3. The second kappa shape index (κ2) is 6.05. The van der Waals surface area contributed by atoms with Crippen molar-refractivity contribution in [2.75, 3.05) is 0 Å². The Morgan fingerprint density at radius 1 is 1.43 bits per heavy atom. The summed E-state index contributed by atoms with van der Waals surface area (Å²) in [7, 11) is 1.54. The molecule has 21 heavy (non-hydrogen) atoms. The number of hydrogen-bond donors (Lipinski definition) is 0. The van der Waals surface area contributed by atoms with Crippen molar-refractivity contribution in [1.29, 1.82) is 0 Å². The van der Waals surface area contributed by atoms with Crippen molar-refractivity contribution in [2.45, 2.75) is 11.8 Å². The topological polar surface area (TPSA) is 78.0 Å². The lowest BCUT2D eigenvalue weighted by molar-refractivity contribution is -0.385. The highest BCUT2D eigenvalue weighted by Crippen LogP contribution is 2.36. The molecule has 0 bridgehead atoms. The lowest BCUT2D eigenvalue weighted by Gasteiger charge is -2.02. The highest BCUT2D eigenvalue weighted by Gasteiger charge is 2.29. The second-order valence-corrected chi connectivity index (χ2v) is 5.90. The molecule has 0 aliphatic heterocycles. The molecule has 1 aromatic heterocycles. The number of benzene rings is 1. The van der Waals surface area contributed by atoms with Gasteiger partial charge in [0.1, 0.15) is 5.69 Å². The first-order chi connectivity index (χ1) is 9.82. The van der Waals surface area contributed by atoms with Crippen molar-refractivity contribution in [3.63, 3.8) is 0 Å². The zero-order valence-electron chi connectivity index (χ0n) is 11.0. The predicted molar refractivity (Wildman–Crippen MR) is 81.2 cm³/mol. The summed E-state index contributed by atoms with van der Waals surface area (Å²) in [6.07, 6.45) is 0. The monoisotopic (exact) mass is 345 g/mol. The highest BCUT2D eigenvalue weighted by atomic mass is 35.5. The predicted octanol–water partition coefficient (Wildman–Crippen LogP) is 3.88. The van der Waals surface area contributed by atoms with E-state index in [9.17, 15) is 14.9 Å². The Balaban J connectivity index is 2.40. The number of nitro groups is 1. The zero-order valence-corrected chi connectivity index (χ0v) is 13.3. The van der Waals surface area contributed by atoms with Crippen molar-refractivity contribution >= 4 is 45.8 Å². The molecule has 0 aliphatic rings. The third-order valence-electron chi connectivity index (χ3n) is 2.80. The number of carbonyl (C=O) groups excluding carboxylic acids is 1. The van der Waals surface area contributed by atoms with Crippen LogP contribution in [0.4, 0.5) is 5.69 Å². The molecule has 0 radical (unpaired) electrons. The van der Waals surface area contributed by atoms with Crippen molar-refractivity contribution in [2.24, 2.45) is 7.05 Å². The number of aryl methyl sites for hydroxylation is 1. The number of carbonyl (C=O) groups is 1. The maximum atomic E-state index is 12.2. The minimum Gasteiger partial charge on any atom is -0.279 e. The van der Waals surface area contributed by atoms with Crippen molar-refractivity contribution in [1.82, 2.24) is 9.78 Å². The Morgan fingerprint density at radius 2 is 2.10 bits per heavy atom. The maximum Gasteiger partial charge on any atom is 0.321 e. The summed E-state index contributed by atoms with van der Waals surface area (Å²) in [4.78, 5) is 23.1. The van der Waals surface area contributed by atoms with Crippen LogP contribution in [-0.4, -0.2) is 19.8 Å². The molecule has 0 amide bonds. The van der Waals surface area contributed by atoms with Gasteiger partial charge >= 0.3 is 5.69 Å². The van der Waals surface area contributed by atoms with Gasteiger partial charge in [0.05, 0.1) is 15.0 Å². The molecule has 0 aliphatic carbocycles. The summed E-state index contributed by atoms with van der Waals surface area (Å²) >= 11 is 12.6. The average molecular weight is 346 g/mol. The molecule has 0 spiro atoms. The van der Waals surface area contributed by atoms with Gasteiger partial charge in [0.25, 0.3) is 5.12 Å². The van der Waals surface area contributed by atoms with E-state index < -0.39 is 10.0 Å². The molecular weight excluding hydrogens is 337 g/mol. The maximum absolute atomic E-state index is 12.2. The summed E-state index contributed by atoms with van der Waals surface area (Å²) in [5, 5.41) is 15.0. The van der Waals surface area contributed by atoms with E-state index in [-0.39, 0.29) is 16.4 Å². The molecule has 6 nitrogen and oxygen atoms in total. The fraction of sp³-hybridized carbons (Fsp3) is 0.167. The second-order valence-electron chi connectivity index (χ2n) is 4.10. The van der Waals surface area contributed by atoms with E-state index in [0.717, 1.165) is 11.8 Å². The van der Waals surface area contributed by atoms with Crippen LogP contribution in [0.1, 0.15) is 16.2 Å². The first-order valence-electron chi connectivity index (χ1n) is 5.67. The lowest BCUT2D eigenvalue weighted by Crippen LogP contribution is -2.00. The van der Waals surface area contributed by atoms with Crippen LogP contribution in [0.25, 0.3) is 0 Å². The number of halogens is 2. The van der Waals surface area contributed by atoms with Crippen LogP contribution in [0.2, 0.25) is 10.0 Å². The van der Waals surface area contributed by atoms with Gasteiger partial charge < -0.3 is 0 Å². The van der Waals surface area contributed by atoms with Crippen molar-refractivity contribution in [3.05, 3.63) is 49.7 Å². The van der Waals surface area contributed by atoms with E-state index in [0.29, 0.717) is 15.6 Å². The van der Waals surface area contributed by atoms with E-state index in [1.807, 2.05) is 0 Å². The molecule has 0 fully saturated rings. The summed E-state index contributed by atoms with van der Waals surface area (Å²) in [6.45, 7) is 1.53. The smallest absolute Gasteiger partial charge is 0.279 e. The molecule has 9 heteroatoms. The summed E-state index contributed by atoms with van der Waals surface area (Å²) in [6, 6.07) is 4.84.